The molecule has 122 valence electrons. The number of ether oxygens (including phenoxy) is 3. The van der Waals surface area contributed by atoms with Crippen LogP contribution < -0.4 is 14.2 Å². The number of Topliss-reactive ketones (excluding diaryl/α,β-unsaturated/α-hetero) is 1. The lowest BCUT2D eigenvalue weighted by Crippen LogP contribution is -2.15. The van der Waals surface area contributed by atoms with Crippen molar-refractivity contribution in [3.63, 3.8) is 0 Å². The largest absolute Gasteiger partial charge is 0.486 e. The van der Waals surface area contributed by atoms with Gasteiger partial charge in [0, 0.05) is 11.6 Å². The lowest BCUT2D eigenvalue weighted by atomic mass is 10.1. The van der Waals surface area contributed by atoms with E-state index in [1.807, 2.05) is 6.07 Å². The summed E-state index contributed by atoms with van der Waals surface area (Å²) in [5, 5.41) is 0. The number of esters is 1. The van der Waals surface area contributed by atoms with Crippen molar-refractivity contribution in [3.05, 3.63) is 59.7 Å². The normalized spacial score (nSPS) is 12.9. The summed E-state index contributed by atoms with van der Waals surface area (Å²) in [6.45, 7) is 2.51. The molecule has 0 unspecified atom stereocenters. The molecule has 0 radical (unpaired) electrons. The Morgan fingerprint density at radius 2 is 1.83 bits per heavy atom. The minimum atomic E-state index is -0.523. The molecule has 0 aliphatic carbocycles. The maximum Gasteiger partial charge on any atom is 0.336 e. The molecule has 0 bridgehead atoms. The maximum atomic E-state index is 11.9. The molecule has 0 saturated carbocycles. The molecule has 1 aliphatic heterocycles. The van der Waals surface area contributed by atoms with Crippen LogP contribution in [0.15, 0.2) is 48.5 Å². The van der Waals surface area contributed by atoms with E-state index >= 15 is 0 Å². The second kappa shape index (κ2) is 7.00. The molecule has 5 heteroatoms. The monoisotopic (exact) mass is 324 g/mol. The number of carbonyl (C=O) groups is 2. The van der Waals surface area contributed by atoms with E-state index in [1.165, 1.54) is 19.1 Å². The summed E-state index contributed by atoms with van der Waals surface area (Å²) < 4.78 is 16.1. The lowest BCUT2D eigenvalue weighted by Gasteiger charge is -2.18. The third-order valence-corrected chi connectivity index (χ3v) is 3.44. The molecule has 0 N–H and O–H groups in total. The molecular weight excluding hydrogens is 308 g/mol. The van der Waals surface area contributed by atoms with Crippen molar-refractivity contribution >= 4 is 17.8 Å². The Balaban J connectivity index is 1.67. The first-order chi connectivity index (χ1) is 11.6. The Kier molecular flexibility index (Phi) is 4.61. The second-order valence-corrected chi connectivity index (χ2v) is 5.24. The van der Waals surface area contributed by atoms with Gasteiger partial charge in [-0.2, -0.15) is 0 Å². The van der Waals surface area contributed by atoms with Crippen molar-refractivity contribution in [2.24, 2.45) is 0 Å². The Morgan fingerprint density at radius 3 is 2.62 bits per heavy atom. The van der Waals surface area contributed by atoms with Crippen LogP contribution in [0.2, 0.25) is 0 Å². The third kappa shape index (κ3) is 3.81. The highest BCUT2D eigenvalue weighted by Gasteiger charge is 2.11. The SMILES string of the molecule is CC(=O)c1cccc(OC(=O)/C=C/c2ccc3c(c2)OCCO3)c1. The summed E-state index contributed by atoms with van der Waals surface area (Å²) in [6, 6.07) is 11.9. The number of hydrogen-bond donors (Lipinski definition) is 0. The predicted molar refractivity (Wildman–Crippen MR) is 88.5 cm³/mol. The molecule has 0 saturated heterocycles. The first kappa shape index (κ1) is 15.8. The third-order valence-electron chi connectivity index (χ3n) is 3.44. The zero-order chi connectivity index (χ0) is 16.9. The Hall–Kier alpha value is -3.08. The molecule has 5 nitrogen and oxygen atoms in total. The average Bonchev–Trinajstić information content (AvgIpc) is 2.60. The molecule has 2 aromatic rings. The van der Waals surface area contributed by atoms with Crippen LogP contribution in [0, 0.1) is 0 Å². The van der Waals surface area contributed by atoms with Gasteiger partial charge < -0.3 is 14.2 Å². The standard InChI is InChI=1S/C19H16O5/c1-13(20)15-3-2-4-16(12-15)24-19(21)8-6-14-5-7-17-18(11-14)23-10-9-22-17/h2-8,11-12H,9-10H2,1H3/b8-6+. The van der Waals surface area contributed by atoms with E-state index in [9.17, 15) is 9.59 Å². The molecule has 0 amide bonds. The topological polar surface area (TPSA) is 61.8 Å². The summed E-state index contributed by atoms with van der Waals surface area (Å²) in [5.41, 5.74) is 1.30. The zero-order valence-electron chi connectivity index (χ0n) is 13.2. The van der Waals surface area contributed by atoms with Crippen molar-refractivity contribution in [1.29, 1.82) is 0 Å². The zero-order valence-corrected chi connectivity index (χ0v) is 13.2. The van der Waals surface area contributed by atoms with Gasteiger partial charge in [0.25, 0.3) is 0 Å². The summed E-state index contributed by atoms with van der Waals surface area (Å²) in [5.74, 6) is 1.08. The first-order valence-corrected chi connectivity index (χ1v) is 7.52. The van der Waals surface area contributed by atoms with E-state index in [0.717, 1.165) is 5.56 Å². The van der Waals surface area contributed by atoms with E-state index in [1.54, 1.807) is 36.4 Å². The van der Waals surface area contributed by atoms with Crippen LogP contribution in [0.4, 0.5) is 0 Å². The van der Waals surface area contributed by atoms with Crippen molar-refractivity contribution in [2.75, 3.05) is 13.2 Å². The average molecular weight is 324 g/mol. The highest BCUT2D eigenvalue weighted by Crippen LogP contribution is 2.31. The minimum Gasteiger partial charge on any atom is -0.486 e. The van der Waals surface area contributed by atoms with Crippen LogP contribution >= 0.6 is 0 Å². The van der Waals surface area contributed by atoms with Gasteiger partial charge >= 0.3 is 5.97 Å². The fourth-order valence-corrected chi connectivity index (χ4v) is 2.26. The van der Waals surface area contributed by atoms with Gasteiger partial charge in [0.1, 0.15) is 19.0 Å². The van der Waals surface area contributed by atoms with Crippen LogP contribution in [0.25, 0.3) is 6.08 Å². The van der Waals surface area contributed by atoms with E-state index in [4.69, 9.17) is 14.2 Å². The van der Waals surface area contributed by atoms with Crippen molar-refractivity contribution in [2.45, 2.75) is 6.92 Å². The van der Waals surface area contributed by atoms with Gasteiger partial charge in [0.2, 0.25) is 0 Å². The Morgan fingerprint density at radius 1 is 1.04 bits per heavy atom. The number of carbonyl (C=O) groups excluding carboxylic acids is 2. The van der Waals surface area contributed by atoms with E-state index in [2.05, 4.69) is 0 Å². The van der Waals surface area contributed by atoms with E-state index < -0.39 is 5.97 Å². The quantitative estimate of drug-likeness (QED) is 0.374. The second-order valence-electron chi connectivity index (χ2n) is 5.24. The van der Waals surface area contributed by atoms with Gasteiger partial charge in [-0.05, 0) is 42.8 Å². The van der Waals surface area contributed by atoms with Crippen LogP contribution in [0.5, 0.6) is 17.2 Å². The predicted octanol–water partition coefficient (Wildman–Crippen LogP) is 3.28. The maximum absolute atomic E-state index is 11.9. The number of fused-ring (bicyclic) bond motifs is 1. The van der Waals surface area contributed by atoms with Crippen LogP contribution in [-0.4, -0.2) is 25.0 Å². The van der Waals surface area contributed by atoms with Gasteiger partial charge in [-0.15, -0.1) is 0 Å². The Bertz CT molecular complexity index is 807. The molecule has 0 spiro atoms. The minimum absolute atomic E-state index is 0.0836. The summed E-state index contributed by atoms with van der Waals surface area (Å²) >= 11 is 0. The molecule has 2 aromatic carbocycles. The number of rotatable bonds is 4. The highest BCUT2D eigenvalue weighted by molar-refractivity contribution is 5.95. The van der Waals surface area contributed by atoms with Crippen LogP contribution in [0.1, 0.15) is 22.8 Å². The summed E-state index contributed by atoms with van der Waals surface area (Å²) in [4.78, 5) is 23.2. The van der Waals surface area contributed by atoms with Crippen molar-refractivity contribution in [3.8, 4) is 17.2 Å². The molecular formula is C19H16O5. The smallest absolute Gasteiger partial charge is 0.336 e. The molecule has 1 aliphatic rings. The lowest BCUT2D eigenvalue weighted by molar-refractivity contribution is -0.128. The number of benzene rings is 2. The Labute approximate surface area is 139 Å². The molecule has 24 heavy (non-hydrogen) atoms. The first-order valence-electron chi connectivity index (χ1n) is 7.52. The van der Waals surface area contributed by atoms with Gasteiger partial charge in [-0.25, -0.2) is 4.79 Å². The fraction of sp³-hybridized carbons (Fsp3) is 0.158. The van der Waals surface area contributed by atoms with Crippen molar-refractivity contribution < 1.29 is 23.8 Å². The molecule has 0 fully saturated rings. The van der Waals surface area contributed by atoms with Gasteiger partial charge in [-0.3, -0.25) is 4.79 Å². The van der Waals surface area contributed by atoms with Crippen LogP contribution in [0.3, 0.4) is 0 Å². The molecule has 3 rings (SSSR count). The molecule has 0 atom stereocenters. The van der Waals surface area contributed by atoms with Gasteiger partial charge in [0.05, 0.1) is 0 Å². The summed E-state index contributed by atoms with van der Waals surface area (Å²) in [6.07, 6.45) is 2.96. The fourth-order valence-electron chi connectivity index (χ4n) is 2.26. The van der Waals surface area contributed by atoms with Gasteiger partial charge in [0.15, 0.2) is 17.3 Å². The summed E-state index contributed by atoms with van der Waals surface area (Å²) in [7, 11) is 0. The number of hydrogen-bond acceptors (Lipinski definition) is 5. The molecule has 1 heterocycles. The van der Waals surface area contributed by atoms with E-state index in [-0.39, 0.29) is 5.78 Å². The van der Waals surface area contributed by atoms with Crippen molar-refractivity contribution in [1.82, 2.24) is 0 Å². The molecule has 0 aromatic heterocycles. The highest BCUT2D eigenvalue weighted by atomic mass is 16.6. The van der Waals surface area contributed by atoms with Crippen LogP contribution in [-0.2, 0) is 4.79 Å². The van der Waals surface area contributed by atoms with Gasteiger partial charge in [-0.1, -0.05) is 18.2 Å². The van der Waals surface area contributed by atoms with E-state index in [0.29, 0.717) is 36.0 Å². The number of ketones is 1.